The molecule has 0 spiro atoms. The van der Waals surface area contributed by atoms with Crippen molar-refractivity contribution in [1.82, 2.24) is 0 Å². The average Bonchev–Trinajstić information content (AvgIpc) is 2.24. The van der Waals surface area contributed by atoms with Crippen molar-refractivity contribution < 1.29 is 9.84 Å². The lowest BCUT2D eigenvalue weighted by atomic mass is 9.79. The van der Waals surface area contributed by atoms with Gasteiger partial charge >= 0.3 is 0 Å². The Balaban J connectivity index is 3.35. The number of phenols is 1. The number of hydrogen-bond acceptors (Lipinski definition) is 2. The molecule has 0 saturated carbocycles. The molecule has 0 amide bonds. The van der Waals surface area contributed by atoms with Crippen molar-refractivity contribution in [3.05, 3.63) is 28.8 Å². The summed E-state index contributed by atoms with van der Waals surface area (Å²) in [4.78, 5) is 0. The van der Waals surface area contributed by atoms with Crippen molar-refractivity contribution in [3.63, 3.8) is 0 Å². The molecular formula is C18H30O2. The molecule has 1 aromatic rings. The van der Waals surface area contributed by atoms with Gasteiger partial charge in [-0.25, -0.2) is 0 Å². The first kappa shape index (κ1) is 17.0. The number of ether oxygens (including phenoxy) is 1. The van der Waals surface area contributed by atoms with E-state index in [9.17, 15) is 5.11 Å². The van der Waals surface area contributed by atoms with E-state index >= 15 is 0 Å². The Labute approximate surface area is 124 Å². The molecule has 1 N–H and O–H groups in total. The van der Waals surface area contributed by atoms with Crippen LogP contribution in [-0.2, 0) is 22.2 Å². The highest BCUT2D eigenvalue weighted by Crippen LogP contribution is 2.37. The molecule has 0 aliphatic carbocycles. The highest BCUT2D eigenvalue weighted by molar-refractivity contribution is 5.48. The van der Waals surface area contributed by atoms with Gasteiger partial charge in [0.25, 0.3) is 0 Å². The van der Waals surface area contributed by atoms with E-state index in [1.165, 1.54) is 5.56 Å². The number of hydrogen-bond donors (Lipinski definition) is 1. The molecule has 0 fully saturated rings. The predicted molar refractivity (Wildman–Crippen MR) is 85.4 cm³/mol. The standard InChI is InChI=1S/C18H30O2/c1-12(2)20-11-13-9-14(17(3,4)5)10-15(16(13)19)18(6,7)8/h9-10,12,19H,11H2,1-8H3. The van der Waals surface area contributed by atoms with Gasteiger partial charge in [-0.2, -0.15) is 0 Å². The zero-order valence-corrected chi connectivity index (χ0v) is 14.3. The van der Waals surface area contributed by atoms with Crippen LogP contribution in [0.2, 0.25) is 0 Å². The van der Waals surface area contributed by atoms with Gasteiger partial charge < -0.3 is 9.84 Å². The summed E-state index contributed by atoms with van der Waals surface area (Å²) in [6.45, 7) is 17.4. The van der Waals surface area contributed by atoms with E-state index < -0.39 is 0 Å². The van der Waals surface area contributed by atoms with Gasteiger partial charge in [0.2, 0.25) is 0 Å². The van der Waals surface area contributed by atoms with Crippen molar-refractivity contribution in [2.45, 2.75) is 78.9 Å². The van der Waals surface area contributed by atoms with E-state index in [4.69, 9.17) is 4.74 Å². The molecule has 0 aromatic heterocycles. The van der Waals surface area contributed by atoms with Crippen LogP contribution in [0.3, 0.4) is 0 Å². The number of benzene rings is 1. The van der Waals surface area contributed by atoms with Crippen LogP contribution in [0.5, 0.6) is 5.75 Å². The van der Waals surface area contributed by atoms with Gasteiger partial charge in [0.1, 0.15) is 5.75 Å². The lowest BCUT2D eigenvalue weighted by molar-refractivity contribution is 0.0643. The van der Waals surface area contributed by atoms with Crippen LogP contribution in [0.25, 0.3) is 0 Å². The second kappa shape index (κ2) is 5.77. The molecule has 2 nitrogen and oxygen atoms in total. The molecule has 2 heteroatoms. The fourth-order valence-electron chi connectivity index (χ4n) is 2.07. The molecule has 0 aliphatic rings. The minimum absolute atomic E-state index is 0.0558. The smallest absolute Gasteiger partial charge is 0.124 e. The third-order valence-electron chi connectivity index (χ3n) is 3.44. The summed E-state index contributed by atoms with van der Waals surface area (Å²) in [5.74, 6) is 0.381. The third-order valence-corrected chi connectivity index (χ3v) is 3.44. The zero-order valence-electron chi connectivity index (χ0n) is 14.3. The summed E-state index contributed by atoms with van der Waals surface area (Å²) in [5.41, 5.74) is 3.09. The van der Waals surface area contributed by atoms with Crippen LogP contribution in [0.4, 0.5) is 0 Å². The minimum atomic E-state index is -0.0854. The van der Waals surface area contributed by atoms with Gasteiger partial charge in [-0.3, -0.25) is 0 Å². The topological polar surface area (TPSA) is 29.5 Å². The van der Waals surface area contributed by atoms with E-state index in [1.807, 2.05) is 13.8 Å². The highest BCUT2D eigenvalue weighted by atomic mass is 16.5. The van der Waals surface area contributed by atoms with Crippen LogP contribution in [0.15, 0.2) is 12.1 Å². The Kier molecular flexibility index (Phi) is 4.91. The summed E-state index contributed by atoms with van der Waals surface area (Å²) >= 11 is 0. The van der Waals surface area contributed by atoms with Crippen molar-refractivity contribution in [1.29, 1.82) is 0 Å². The Morgan fingerprint density at radius 2 is 1.55 bits per heavy atom. The monoisotopic (exact) mass is 278 g/mol. The van der Waals surface area contributed by atoms with Crippen molar-refractivity contribution in [2.24, 2.45) is 0 Å². The molecule has 1 aromatic carbocycles. The molecule has 0 aliphatic heterocycles. The number of phenolic OH excluding ortho intramolecular Hbond substituents is 1. The fourth-order valence-corrected chi connectivity index (χ4v) is 2.07. The first-order valence-corrected chi connectivity index (χ1v) is 7.41. The Morgan fingerprint density at radius 3 is 1.95 bits per heavy atom. The summed E-state index contributed by atoms with van der Waals surface area (Å²) in [6.07, 6.45) is 0.158. The second-order valence-electron chi connectivity index (χ2n) is 7.89. The first-order chi connectivity index (χ1) is 8.93. The molecule has 114 valence electrons. The molecule has 20 heavy (non-hydrogen) atoms. The normalized spacial score (nSPS) is 13.1. The van der Waals surface area contributed by atoms with Gasteiger partial charge in [-0.05, 0) is 41.9 Å². The van der Waals surface area contributed by atoms with Gasteiger partial charge in [0.15, 0.2) is 0 Å². The first-order valence-electron chi connectivity index (χ1n) is 7.41. The molecule has 0 unspecified atom stereocenters. The Morgan fingerprint density at radius 1 is 1.00 bits per heavy atom. The summed E-state index contributed by atoms with van der Waals surface area (Å²) in [6, 6.07) is 4.21. The Hall–Kier alpha value is -1.02. The van der Waals surface area contributed by atoms with Crippen molar-refractivity contribution in [2.75, 3.05) is 0 Å². The van der Waals surface area contributed by atoms with E-state index in [1.54, 1.807) is 0 Å². The van der Waals surface area contributed by atoms with Crippen LogP contribution >= 0.6 is 0 Å². The number of rotatable bonds is 3. The minimum Gasteiger partial charge on any atom is -0.507 e. The van der Waals surface area contributed by atoms with Gasteiger partial charge in [0.05, 0.1) is 12.7 Å². The van der Waals surface area contributed by atoms with Crippen LogP contribution in [0, 0.1) is 0 Å². The molecule has 0 atom stereocenters. The van der Waals surface area contributed by atoms with E-state index in [-0.39, 0.29) is 16.9 Å². The lowest BCUT2D eigenvalue weighted by Crippen LogP contribution is -2.18. The maximum absolute atomic E-state index is 10.5. The molecule has 0 radical (unpaired) electrons. The van der Waals surface area contributed by atoms with E-state index in [2.05, 4.69) is 53.7 Å². The quantitative estimate of drug-likeness (QED) is 0.851. The van der Waals surface area contributed by atoms with E-state index in [0.717, 1.165) is 11.1 Å². The van der Waals surface area contributed by atoms with E-state index in [0.29, 0.717) is 12.4 Å². The average molecular weight is 278 g/mol. The van der Waals surface area contributed by atoms with Gasteiger partial charge in [0, 0.05) is 5.56 Å². The van der Waals surface area contributed by atoms with Crippen molar-refractivity contribution >= 4 is 0 Å². The van der Waals surface area contributed by atoms with Gasteiger partial charge in [-0.1, -0.05) is 47.6 Å². The summed E-state index contributed by atoms with van der Waals surface area (Å²) < 4.78 is 5.68. The summed E-state index contributed by atoms with van der Waals surface area (Å²) in [7, 11) is 0. The largest absolute Gasteiger partial charge is 0.507 e. The molecule has 1 rings (SSSR count). The third kappa shape index (κ3) is 4.24. The maximum atomic E-state index is 10.5. The highest BCUT2D eigenvalue weighted by Gasteiger charge is 2.24. The Bertz CT molecular complexity index is 460. The predicted octanol–water partition coefficient (Wildman–Crippen LogP) is 4.91. The lowest BCUT2D eigenvalue weighted by Gasteiger charge is -2.27. The van der Waals surface area contributed by atoms with Gasteiger partial charge in [-0.15, -0.1) is 0 Å². The van der Waals surface area contributed by atoms with Crippen molar-refractivity contribution in [3.8, 4) is 5.75 Å². The number of aromatic hydroxyl groups is 1. The van der Waals surface area contributed by atoms with Crippen LogP contribution < -0.4 is 0 Å². The zero-order chi connectivity index (χ0) is 15.7. The second-order valence-corrected chi connectivity index (χ2v) is 7.89. The van der Waals surface area contributed by atoms with Crippen LogP contribution in [-0.4, -0.2) is 11.2 Å². The molecule has 0 saturated heterocycles. The fraction of sp³-hybridized carbons (Fsp3) is 0.667. The SMILES string of the molecule is CC(C)OCc1cc(C(C)(C)C)cc(C(C)(C)C)c1O. The van der Waals surface area contributed by atoms with Crippen LogP contribution in [0.1, 0.15) is 72.1 Å². The summed E-state index contributed by atoms with van der Waals surface area (Å²) in [5, 5.41) is 10.5. The maximum Gasteiger partial charge on any atom is 0.124 e. The molecule has 0 bridgehead atoms. The molecule has 0 heterocycles. The molecular weight excluding hydrogens is 248 g/mol.